The molecule has 1 N–H and O–H groups in total. The molecule has 1 aromatic rings. The smallest absolute Gasteiger partial charge is 0.270 e. The highest BCUT2D eigenvalue weighted by molar-refractivity contribution is 5.92. The summed E-state index contributed by atoms with van der Waals surface area (Å²) in [7, 11) is 0. The van der Waals surface area contributed by atoms with E-state index in [1.54, 1.807) is 0 Å². The Labute approximate surface area is 114 Å². The van der Waals surface area contributed by atoms with E-state index in [9.17, 15) is 9.90 Å². The highest BCUT2D eigenvalue weighted by Gasteiger charge is 2.26. The first kappa shape index (κ1) is 12.7. The molecule has 4 heteroatoms. The first-order valence-electron chi connectivity index (χ1n) is 7.40. The molecule has 0 atom stereocenters. The molecule has 19 heavy (non-hydrogen) atoms. The van der Waals surface area contributed by atoms with Gasteiger partial charge in [-0.15, -0.1) is 0 Å². The number of aliphatic hydroxyl groups is 1. The van der Waals surface area contributed by atoms with Crippen LogP contribution < -0.4 is 0 Å². The van der Waals surface area contributed by atoms with Gasteiger partial charge in [-0.2, -0.15) is 0 Å². The van der Waals surface area contributed by atoms with Crippen LogP contribution in [-0.2, 0) is 0 Å². The fourth-order valence-electron chi connectivity index (χ4n) is 3.31. The molecule has 0 spiro atoms. The van der Waals surface area contributed by atoms with E-state index in [4.69, 9.17) is 0 Å². The number of piperidine rings is 1. The van der Waals surface area contributed by atoms with Crippen LogP contribution in [0.25, 0.3) is 0 Å². The molecule has 1 aliphatic carbocycles. The molecule has 0 bridgehead atoms. The van der Waals surface area contributed by atoms with Gasteiger partial charge in [-0.3, -0.25) is 4.79 Å². The molecular formula is C15H22N2O2. The Morgan fingerprint density at radius 3 is 2.53 bits per heavy atom. The number of amides is 1. The molecule has 0 radical (unpaired) electrons. The van der Waals surface area contributed by atoms with Gasteiger partial charge in [-0.05, 0) is 37.8 Å². The summed E-state index contributed by atoms with van der Waals surface area (Å²) in [5.41, 5.74) is 0.822. The van der Waals surface area contributed by atoms with Crippen molar-refractivity contribution in [3.63, 3.8) is 0 Å². The van der Waals surface area contributed by atoms with Crippen LogP contribution in [-0.4, -0.2) is 39.7 Å². The van der Waals surface area contributed by atoms with E-state index < -0.39 is 0 Å². The van der Waals surface area contributed by atoms with E-state index in [0.29, 0.717) is 32.0 Å². The van der Waals surface area contributed by atoms with E-state index in [-0.39, 0.29) is 12.0 Å². The Kier molecular flexibility index (Phi) is 3.60. The molecule has 1 aromatic heterocycles. The zero-order chi connectivity index (χ0) is 13.2. The van der Waals surface area contributed by atoms with Gasteiger partial charge in [-0.1, -0.05) is 12.8 Å². The highest BCUT2D eigenvalue weighted by atomic mass is 16.3. The maximum absolute atomic E-state index is 12.6. The second-order valence-electron chi connectivity index (χ2n) is 5.76. The number of rotatable bonds is 2. The van der Waals surface area contributed by atoms with E-state index in [1.165, 1.54) is 25.7 Å². The minimum atomic E-state index is -0.231. The van der Waals surface area contributed by atoms with Crippen LogP contribution in [0.2, 0.25) is 0 Å². The summed E-state index contributed by atoms with van der Waals surface area (Å²) in [6.45, 7) is 1.35. The third-order valence-corrected chi connectivity index (χ3v) is 4.47. The maximum atomic E-state index is 12.6. The van der Waals surface area contributed by atoms with E-state index in [0.717, 1.165) is 5.69 Å². The summed E-state index contributed by atoms with van der Waals surface area (Å²) < 4.78 is 2.17. The number of likely N-dealkylation sites (tertiary alicyclic amines) is 1. The number of hydrogen-bond acceptors (Lipinski definition) is 2. The molecule has 2 fully saturated rings. The number of carbonyl (C=O) groups excluding carboxylic acids is 1. The molecule has 1 saturated carbocycles. The second-order valence-corrected chi connectivity index (χ2v) is 5.76. The number of aromatic nitrogens is 1. The lowest BCUT2D eigenvalue weighted by Crippen LogP contribution is -2.40. The lowest BCUT2D eigenvalue weighted by Gasteiger charge is -2.30. The van der Waals surface area contributed by atoms with Gasteiger partial charge in [0, 0.05) is 25.3 Å². The molecule has 1 saturated heterocycles. The van der Waals surface area contributed by atoms with Crippen LogP contribution in [0.3, 0.4) is 0 Å². The molecule has 104 valence electrons. The average Bonchev–Trinajstić information content (AvgIpc) is 3.09. The van der Waals surface area contributed by atoms with Crippen molar-refractivity contribution in [2.45, 2.75) is 50.7 Å². The fraction of sp³-hybridized carbons (Fsp3) is 0.667. The number of hydrogen-bond donors (Lipinski definition) is 1. The minimum absolute atomic E-state index is 0.129. The quantitative estimate of drug-likeness (QED) is 0.888. The summed E-state index contributed by atoms with van der Waals surface area (Å²) in [6.07, 6.45) is 8.14. The predicted molar refractivity (Wildman–Crippen MR) is 73.1 cm³/mol. The fourth-order valence-corrected chi connectivity index (χ4v) is 3.31. The summed E-state index contributed by atoms with van der Waals surface area (Å²) in [6, 6.07) is 4.42. The monoisotopic (exact) mass is 262 g/mol. The molecule has 0 unspecified atom stereocenters. The Balaban J connectivity index is 1.74. The van der Waals surface area contributed by atoms with Crippen molar-refractivity contribution in [2.24, 2.45) is 0 Å². The number of nitrogens with zero attached hydrogens (tertiary/aromatic N) is 2. The Hall–Kier alpha value is -1.29. The minimum Gasteiger partial charge on any atom is -0.393 e. The summed E-state index contributed by atoms with van der Waals surface area (Å²) in [5, 5.41) is 9.52. The predicted octanol–water partition coefficient (Wildman–Crippen LogP) is 2.20. The first-order valence-corrected chi connectivity index (χ1v) is 7.40. The van der Waals surface area contributed by atoms with Gasteiger partial charge in [0.1, 0.15) is 5.69 Å². The third kappa shape index (κ3) is 2.54. The van der Waals surface area contributed by atoms with Gasteiger partial charge < -0.3 is 14.6 Å². The van der Waals surface area contributed by atoms with E-state index in [1.807, 2.05) is 23.2 Å². The average molecular weight is 262 g/mol. The topological polar surface area (TPSA) is 45.5 Å². The largest absolute Gasteiger partial charge is 0.393 e. The summed E-state index contributed by atoms with van der Waals surface area (Å²) in [4.78, 5) is 14.5. The lowest BCUT2D eigenvalue weighted by molar-refractivity contribution is 0.0535. The van der Waals surface area contributed by atoms with Crippen molar-refractivity contribution in [3.8, 4) is 0 Å². The zero-order valence-electron chi connectivity index (χ0n) is 11.3. The van der Waals surface area contributed by atoms with Crippen molar-refractivity contribution in [1.82, 2.24) is 9.47 Å². The molecule has 1 aliphatic heterocycles. The normalized spacial score (nSPS) is 22.1. The molecule has 0 aromatic carbocycles. The van der Waals surface area contributed by atoms with Gasteiger partial charge >= 0.3 is 0 Å². The van der Waals surface area contributed by atoms with Crippen molar-refractivity contribution in [3.05, 3.63) is 24.0 Å². The third-order valence-electron chi connectivity index (χ3n) is 4.47. The number of carbonyl (C=O) groups is 1. The second kappa shape index (κ2) is 5.37. The Morgan fingerprint density at radius 2 is 1.84 bits per heavy atom. The molecule has 2 aliphatic rings. The van der Waals surface area contributed by atoms with Gasteiger partial charge in [0.15, 0.2) is 0 Å². The zero-order valence-corrected chi connectivity index (χ0v) is 11.3. The van der Waals surface area contributed by atoms with Crippen molar-refractivity contribution >= 4 is 5.91 Å². The molecule has 3 rings (SSSR count). The van der Waals surface area contributed by atoms with E-state index >= 15 is 0 Å². The van der Waals surface area contributed by atoms with Crippen LogP contribution >= 0.6 is 0 Å². The lowest BCUT2D eigenvalue weighted by atomic mass is 10.1. The van der Waals surface area contributed by atoms with Crippen LogP contribution in [0.5, 0.6) is 0 Å². The SMILES string of the molecule is O=C(c1cccn1C1CCCC1)N1CCC(O)CC1. The molecule has 2 heterocycles. The Morgan fingerprint density at radius 1 is 1.16 bits per heavy atom. The molecule has 4 nitrogen and oxygen atoms in total. The van der Waals surface area contributed by atoms with Crippen LogP contribution in [0, 0.1) is 0 Å². The van der Waals surface area contributed by atoms with Gasteiger partial charge in [0.25, 0.3) is 5.91 Å². The molecule has 1 amide bonds. The molecular weight excluding hydrogens is 240 g/mol. The van der Waals surface area contributed by atoms with Gasteiger partial charge in [0.2, 0.25) is 0 Å². The van der Waals surface area contributed by atoms with Crippen LogP contribution in [0.4, 0.5) is 0 Å². The van der Waals surface area contributed by atoms with Gasteiger partial charge in [0.05, 0.1) is 6.10 Å². The first-order chi connectivity index (χ1) is 9.25. The van der Waals surface area contributed by atoms with Gasteiger partial charge in [-0.25, -0.2) is 0 Å². The number of aliphatic hydroxyl groups excluding tert-OH is 1. The van der Waals surface area contributed by atoms with Crippen molar-refractivity contribution < 1.29 is 9.90 Å². The summed E-state index contributed by atoms with van der Waals surface area (Å²) in [5.74, 6) is 0.129. The van der Waals surface area contributed by atoms with E-state index in [2.05, 4.69) is 4.57 Å². The standard InChI is InChI=1S/C15H22N2O2/c18-13-7-10-16(11-8-13)15(19)14-6-3-9-17(14)12-4-1-2-5-12/h3,6,9,12-13,18H,1-2,4-5,7-8,10-11H2. The van der Waals surface area contributed by atoms with Crippen LogP contribution in [0.15, 0.2) is 18.3 Å². The van der Waals surface area contributed by atoms with Crippen LogP contribution in [0.1, 0.15) is 55.1 Å². The van der Waals surface area contributed by atoms with Crippen molar-refractivity contribution in [2.75, 3.05) is 13.1 Å². The highest BCUT2D eigenvalue weighted by Crippen LogP contribution is 2.31. The van der Waals surface area contributed by atoms with Crippen molar-refractivity contribution in [1.29, 1.82) is 0 Å². The summed E-state index contributed by atoms with van der Waals surface area (Å²) >= 11 is 0. The maximum Gasteiger partial charge on any atom is 0.270 e. The Bertz CT molecular complexity index is 441.